The molecule has 5 nitrogen and oxygen atoms in total. The molecule has 6 heteroatoms. The van der Waals surface area contributed by atoms with Crippen LogP contribution in [0.3, 0.4) is 0 Å². The van der Waals surface area contributed by atoms with Gasteiger partial charge in [-0.05, 0) is 23.8 Å². The molecule has 1 atom stereocenters. The monoisotopic (exact) mass is 294 g/mol. The van der Waals surface area contributed by atoms with Crippen LogP contribution in [0.25, 0.3) is 0 Å². The van der Waals surface area contributed by atoms with E-state index in [0.717, 1.165) is 6.42 Å². The molecule has 2 aromatic rings. The summed E-state index contributed by atoms with van der Waals surface area (Å²) in [5.41, 5.74) is 1.20. The van der Waals surface area contributed by atoms with Gasteiger partial charge in [0.05, 0.1) is 23.9 Å². The molecule has 0 saturated heterocycles. The van der Waals surface area contributed by atoms with Crippen molar-refractivity contribution in [2.45, 2.75) is 12.5 Å². The minimum atomic E-state index is -0.842. The fraction of sp³-hybridized carbons (Fsp3) is 0.357. The Kier molecular flexibility index (Phi) is 3.54. The average molecular weight is 295 g/mol. The van der Waals surface area contributed by atoms with E-state index in [1.54, 1.807) is 36.1 Å². The maximum absolute atomic E-state index is 10.4. The summed E-state index contributed by atoms with van der Waals surface area (Å²) in [6, 6.07) is 5.21. The van der Waals surface area contributed by atoms with E-state index in [4.69, 9.17) is 21.1 Å². The molecule has 0 amide bonds. The lowest BCUT2D eigenvalue weighted by atomic mass is 10.1. The van der Waals surface area contributed by atoms with E-state index < -0.39 is 6.10 Å². The van der Waals surface area contributed by atoms with Gasteiger partial charge >= 0.3 is 0 Å². The summed E-state index contributed by atoms with van der Waals surface area (Å²) in [4.78, 5) is 0. The lowest BCUT2D eigenvalue weighted by Crippen LogP contribution is -2.03. The Morgan fingerprint density at radius 1 is 1.35 bits per heavy atom. The third-order valence-electron chi connectivity index (χ3n) is 3.15. The summed E-state index contributed by atoms with van der Waals surface area (Å²) < 4.78 is 12.8. The van der Waals surface area contributed by atoms with Crippen LogP contribution in [-0.4, -0.2) is 28.1 Å². The highest BCUT2D eigenvalue weighted by molar-refractivity contribution is 6.32. The van der Waals surface area contributed by atoms with E-state index in [1.165, 1.54) is 0 Å². The molecule has 2 heterocycles. The van der Waals surface area contributed by atoms with E-state index >= 15 is 0 Å². The van der Waals surface area contributed by atoms with Crippen molar-refractivity contribution in [2.75, 3.05) is 13.2 Å². The first kappa shape index (κ1) is 13.3. The van der Waals surface area contributed by atoms with Crippen molar-refractivity contribution in [2.24, 2.45) is 7.05 Å². The van der Waals surface area contributed by atoms with Crippen LogP contribution >= 0.6 is 11.6 Å². The van der Waals surface area contributed by atoms with Gasteiger partial charge in [0, 0.05) is 19.7 Å². The fourth-order valence-electron chi connectivity index (χ4n) is 2.16. The molecule has 1 aromatic carbocycles. The van der Waals surface area contributed by atoms with E-state index in [0.29, 0.717) is 41.0 Å². The molecule has 1 N–H and O–H groups in total. The first-order valence-corrected chi connectivity index (χ1v) is 6.79. The number of benzene rings is 1. The van der Waals surface area contributed by atoms with Gasteiger partial charge in [0.15, 0.2) is 11.5 Å². The maximum atomic E-state index is 10.4. The van der Waals surface area contributed by atoms with Gasteiger partial charge in [-0.3, -0.25) is 4.68 Å². The number of hydrogen-bond donors (Lipinski definition) is 1. The number of aromatic nitrogens is 2. The summed E-state index contributed by atoms with van der Waals surface area (Å²) in [7, 11) is 1.80. The normalized spacial score (nSPS) is 15.8. The van der Waals surface area contributed by atoms with E-state index in [2.05, 4.69) is 5.10 Å². The minimum Gasteiger partial charge on any atom is -0.489 e. The van der Waals surface area contributed by atoms with Crippen LogP contribution in [0.15, 0.2) is 24.4 Å². The van der Waals surface area contributed by atoms with Gasteiger partial charge < -0.3 is 14.6 Å². The maximum Gasteiger partial charge on any atom is 0.179 e. The molecule has 0 radical (unpaired) electrons. The topological polar surface area (TPSA) is 56.5 Å². The molecule has 0 bridgehead atoms. The van der Waals surface area contributed by atoms with Crippen LogP contribution < -0.4 is 9.47 Å². The predicted molar refractivity (Wildman–Crippen MR) is 74.3 cm³/mol. The first-order chi connectivity index (χ1) is 9.65. The molecule has 20 heavy (non-hydrogen) atoms. The van der Waals surface area contributed by atoms with Crippen LogP contribution in [0, 0.1) is 0 Å². The lowest BCUT2D eigenvalue weighted by molar-refractivity contribution is 0.213. The van der Waals surface area contributed by atoms with E-state index in [1.807, 2.05) is 0 Å². The molecule has 1 aromatic heterocycles. The highest BCUT2D eigenvalue weighted by Crippen LogP contribution is 2.40. The molecule has 0 aliphatic carbocycles. The van der Waals surface area contributed by atoms with Gasteiger partial charge in [0.2, 0.25) is 0 Å². The standard InChI is InChI=1S/C14H15ClN2O3/c1-17-4-3-11(16-17)13(18)9-7-10(15)14-12(8-9)19-5-2-6-20-14/h3-4,7-8,13,18H,2,5-6H2,1H3. The Bertz CT molecular complexity index is 627. The SMILES string of the molecule is Cn1ccc(C(O)c2cc(Cl)c3c(c2)OCCCO3)n1. The highest BCUT2D eigenvalue weighted by Gasteiger charge is 2.20. The molecule has 0 fully saturated rings. The molecule has 106 valence electrons. The molecular weight excluding hydrogens is 280 g/mol. The van der Waals surface area contributed by atoms with Crippen molar-refractivity contribution < 1.29 is 14.6 Å². The minimum absolute atomic E-state index is 0.439. The molecule has 0 spiro atoms. The van der Waals surface area contributed by atoms with Crippen molar-refractivity contribution in [3.63, 3.8) is 0 Å². The number of fused-ring (bicyclic) bond motifs is 1. The molecule has 3 rings (SSSR count). The third-order valence-corrected chi connectivity index (χ3v) is 3.44. The number of rotatable bonds is 2. The largest absolute Gasteiger partial charge is 0.489 e. The Balaban J connectivity index is 1.98. The van der Waals surface area contributed by atoms with Crippen molar-refractivity contribution >= 4 is 11.6 Å². The second-order valence-electron chi connectivity index (χ2n) is 4.70. The van der Waals surface area contributed by atoms with Gasteiger partial charge in [-0.25, -0.2) is 0 Å². The fourth-order valence-corrected chi connectivity index (χ4v) is 2.43. The van der Waals surface area contributed by atoms with Gasteiger partial charge in [0.25, 0.3) is 0 Å². The van der Waals surface area contributed by atoms with Crippen molar-refractivity contribution in [1.82, 2.24) is 9.78 Å². The second kappa shape index (κ2) is 5.34. The molecule has 1 aliphatic heterocycles. The molecule has 1 unspecified atom stereocenters. The second-order valence-corrected chi connectivity index (χ2v) is 5.10. The molecular formula is C14H15ClN2O3. The first-order valence-electron chi connectivity index (χ1n) is 6.42. The highest BCUT2D eigenvalue weighted by atomic mass is 35.5. The van der Waals surface area contributed by atoms with Crippen molar-refractivity contribution in [3.8, 4) is 11.5 Å². The predicted octanol–water partition coefficient (Wildman–Crippen LogP) is 2.32. The summed E-state index contributed by atoms with van der Waals surface area (Å²) in [6.07, 6.45) is 1.75. The van der Waals surface area contributed by atoms with Crippen LogP contribution in [-0.2, 0) is 7.05 Å². The Morgan fingerprint density at radius 2 is 2.15 bits per heavy atom. The average Bonchev–Trinajstić information content (AvgIpc) is 2.72. The lowest BCUT2D eigenvalue weighted by Gasteiger charge is -2.14. The molecule has 0 saturated carbocycles. The van der Waals surface area contributed by atoms with Crippen LogP contribution in [0.1, 0.15) is 23.8 Å². The smallest absolute Gasteiger partial charge is 0.179 e. The Labute approximate surface area is 121 Å². The summed E-state index contributed by atoms with van der Waals surface area (Å²) in [5, 5.41) is 15.0. The summed E-state index contributed by atoms with van der Waals surface area (Å²) in [5.74, 6) is 1.11. The van der Waals surface area contributed by atoms with Gasteiger partial charge in [-0.1, -0.05) is 11.6 Å². The van der Waals surface area contributed by atoms with Crippen LogP contribution in [0.2, 0.25) is 5.02 Å². The van der Waals surface area contributed by atoms with Gasteiger partial charge in [-0.2, -0.15) is 5.10 Å². The summed E-state index contributed by atoms with van der Waals surface area (Å²) in [6.45, 7) is 1.15. The summed E-state index contributed by atoms with van der Waals surface area (Å²) >= 11 is 6.21. The van der Waals surface area contributed by atoms with E-state index in [9.17, 15) is 5.11 Å². The molecule has 1 aliphatic rings. The number of nitrogens with zero attached hydrogens (tertiary/aromatic N) is 2. The Hall–Kier alpha value is -1.72. The zero-order chi connectivity index (χ0) is 14.1. The number of ether oxygens (including phenoxy) is 2. The third kappa shape index (κ3) is 2.46. The van der Waals surface area contributed by atoms with Crippen LogP contribution in [0.4, 0.5) is 0 Å². The van der Waals surface area contributed by atoms with E-state index in [-0.39, 0.29) is 0 Å². The number of aliphatic hydroxyl groups is 1. The van der Waals surface area contributed by atoms with Gasteiger partial charge in [0.1, 0.15) is 6.10 Å². The number of aryl methyl sites for hydroxylation is 1. The number of aliphatic hydroxyl groups excluding tert-OH is 1. The van der Waals surface area contributed by atoms with Gasteiger partial charge in [-0.15, -0.1) is 0 Å². The quantitative estimate of drug-likeness (QED) is 0.923. The zero-order valence-electron chi connectivity index (χ0n) is 11.0. The zero-order valence-corrected chi connectivity index (χ0v) is 11.8. The van der Waals surface area contributed by atoms with Crippen LogP contribution in [0.5, 0.6) is 11.5 Å². The van der Waals surface area contributed by atoms with Crippen molar-refractivity contribution in [1.29, 1.82) is 0 Å². The number of halogens is 1. The van der Waals surface area contributed by atoms with Crippen molar-refractivity contribution in [3.05, 3.63) is 40.7 Å². The number of hydrogen-bond acceptors (Lipinski definition) is 4. The Morgan fingerprint density at radius 3 is 2.90 bits per heavy atom.